The predicted molar refractivity (Wildman–Crippen MR) is 42.5 cm³/mol. The Morgan fingerprint density at radius 2 is 1.90 bits per heavy atom. The zero-order valence-electron chi connectivity index (χ0n) is 4.99. The SMILES string of the molecule is O=[Se](OBr)c1ccccc1. The van der Waals surface area contributed by atoms with E-state index in [1.165, 1.54) is 0 Å². The van der Waals surface area contributed by atoms with Gasteiger partial charge in [-0.2, -0.15) is 0 Å². The molecule has 0 amide bonds. The molecule has 1 rings (SSSR count). The van der Waals surface area contributed by atoms with Crippen molar-refractivity contribution in [3.8, 4) is 0 Å². The minimum absolute atomic E-state index is 0.749. The van der Waals surface area contributed by atoms with Crippen LogP contribution in [0.25, 0.3) is 0 Å². The molecule has 0 radical (unpaired) electrons. The second-order valence-corrected chi connectivity index (χ2v) is 5.22. The van der Waals surface area contributed by atoms with Crippen LogP contribution in [0.15, 0.2) is 30.3 Å². The van der Waals surface area contributed by atoms with E-state index < -0.39 is 14.2 Å². The zero-order chi connectivity index (χ0) is 7.40. The van der Waals surface area contributed by atoms with Gasteiger partial charge in [-0.05, 0) is 0 Å². The van der Waals surface area contributed by atoms with Crippen LogP contribution in [0.5, 0.6) is 0 Å². The van der Waals surface area contributed by atoms with Gasteiger partial charge in [0.2, 0.25) is 0 Å². The average molecular weight is 268 g/mol. The molecule has 1 aromatic carbocycles. The Morgan fingerprint density at radius 1 is 1.30 bits per heavy atom. The van der Waals surface area contributed by atoms with Gasteiger partial charge in [-0.1, -0.05) is 0 Å². The van der Waals surface area contributed by atoms with Gasteiger partial charge in [-0.3, -0.25) is 0 Å². The Hall–Kier alpha value is -0.0205. The average Bonchev–Trinajstić information content (AvgIpc) is 2.05. The minimum atomic E-state index is -2.25. The number of rotatable bonds is 2. The molecule has 4 heteroatoms. The number of hydrogen-bond acceptors (Lipinski definition) is 2. The molecule has 0 aliphatic heterocycles. The fourth-order valence-electron chi connectivity index (χ4n) is 0.568. The van der Waals surface area contributed by atoms with Gasteiger partial charge in [-0.15, -0.1) is 0 Å². The molecule has 0 heterocycles. The van der Waals surface area contributed by atoms with Gasteiger partial charge in [0.25, 0.3) is 0 Å². The van der Waals surface area contributed by atoms with Crippen molar-refractivity contribution in [2.45, 2.75) is 0 Å². The Balaban J connectivity index is 2.85. The summed E-state index contributed by atoms with van der Waals surface area (Å²) in [5, 5.41) is 0. The molecule has 1 unspecified atom stereocenters. The summed E-state index contributed by atoms with van der Waals surface area (Å²) in [5.41, 5.74) is 0. The molecule has 1 atom stereocenters. The normalized spacial score (nSPS) is 12.9. The third-order valence-electron chi connectivity index (χ3n) is 0.993. The van der Waals surface area contributed by atoms with Crippen LogP contribution in [-0.4, -0.2) is 14.2 Å². The molecule has 0 aromatic heterocycles. The standard InChI is InChI=1S/C6H5BrO2Se/c7-9-10(8)6-4-2-1-3-5-6/h1-5H. The van der Waals surface area contributed by atoms with Crippen molar-refractivity contribution in [2.24, 2.45) is 0 Å². The van der Waals surface area contributed by atoms with Crippen molar-refractivity contribution in [2.75, 3.05) is 0 Å². The molecule has 0 aliphatic carbocycles. The first kappa shape index (κ1) is 8.08. The Kier molecular flexibility index (Phi) is 3.22. The summed E-state index contributed by atoms with van der Waals surface area (Å²) >= 11 is 0.446. The van der Waals surface area contributed by atoms with E-state index in [1.807, 2.05) is 18.2 Å². The summed E-state index contributed by atoms with van der Waals surface area (Å²) in [4.78, 5) is 0. The number of hydrogen-bond donors (Lipinski definition) is 0. The van der Waals surface area contributed by atoms with E-state index in [2.05, 4.69) is 19.2 Å². The third kappa shape index (κ3) is 1.99. The molecule has 0 saturated carbocycles. The van der Waals surface area contributed by atoms with Crippen molar-refractivity contribution in [3.05, 3.63) is 30.3 Å². The van der Waals surface area contributed by atoms with E-state index in [-0.39, 0.29) is 0 Å². The molecule has 0 aliphatic rings. The molecule has 0 spiro atoms. The van der Waals surface area contributed by atoms with Gasteiger partial charge in [0.1, 0.15) is 0 Å². The summed E-state index contributed by atoms with van der Waals surface area (Å²) in [6.45, 7) is 0. The fraction of sp³-hybridized carbons (Fsp3) is 0. The first-order chi connectivity index (χ1) is 4.84. The van der Waals surface area contributed by atoms with Crippen molar-refractivity contribution in [1.29, 1.82) is 0 Å². The van der Waals surface area contributed by atoms with Crippen LogP contribution in [0.1, 0.15) is 0 Å². The Morgan fingerprint density at radius 3 is 2.40 bits per heavy atom. The van der Waals surface area contributed by atoms with Gasteiger partial charge >= 0.3 is 72.0 Å². The summed E-state index contributed by atoms with van der Waals surface area (Å²) < 4.78 is 16.2. The van der Waals surface area contributed by atoms with Crippen molar-refractivity contribution in [1.82, 2.24) is 0 Å². The second-order valence-electron chi connectivity index (χ2n) is 1.61. The van der Waals surface area contributed by atoms with Crippen LogP contribution >= 0.6 is 16.3 Å². The zero-order valence-corrected chi connectivity index (χ0v) is 8.29. The van der Waals surface area contributed by atoms with Crippen molar-refractivity contribution >= 4 is 34.9 Å². The molecule has 0 fully saturated rings. The van der Waals surface area contributed by atoms with Gasteiger partial charge in [0, 0.05) is 0 Å². The Labute approximate surface area is 72.1 Å². The topological polar surface area (TPSA) is 26.3 Å². The van der Waals surface area contributed by atoms with Crippen LogP contribution in [0, 0.1) is 0 Å². The first-order valence-corrected chi connectivity index (χ1v) is 5.51. The van der Waals surface area contributed by atoms with Gasteiger partial charge in [0.05, 0.1) is 0 Å². The molecule has 0 saturated heterocycles. The second kappa shape index (κ2) is 3.98. The summed E-state index contributed by atoms with van der Waals surface area (Å²) in [6.07, 6.45) is 0. The molecule has 0 N–H and O–H groups in total. The van der Waals surface area contributed by atoms with Gasteiger partial charge in [0.15, 0.2) is 0 Å². The van der Waals surface area contributed by atoms with E-state index in [0.717, 1.165) is 4.46 Å². The quantitative estimate of drug-likeness (QED) is 0.752. The molecule has 1 aromatic rings. The van der Waals surface area contributed by atoms with Crippen molar-refractivity contribution < 1.29 is 6.75 Å². The summed E-state index contributed by atoms with van der Waals surface area (Å²) in [7, 11) is 0. The molecule has 10 heavy (non-hydrogen) atoms. The molecule has 2 nitrogen and oxygen atoms in total. The number of halogens is 1. The fourth-order valence-corrected chi connectivity index (χ4v) is 2.31. The summed E-state index contributed by atoms with van der Waals surface area (Å²) in [6, 6.07) is 9.08. The van der Waals surface area contributed by atoms with E-state index in [4.69, 9.17) is 0 Å². The molecule has 0 bridgehead atoms. The van der Waals surface area contributed by atoms with Gasteiger partial charge in [-0.25, -0.2) is 0 Å². The monoisotopic (exact) mass is 268 g/mol. The van der Waals surface area contributed by atoms with Crippen LogP contribution in [0.3, 0.4) is 0 Å². The molecule has 54 valence electrons. The van der Waals surface area contributed by atoms with Crippen LogP contribution < -0.4 is 4.46 Å². The first-order valence-electron chi connectivity index (χ1n) is 2.60. The van der Waals surface area contributed by atoms with Gasteiger partial charge < -0.3 is 0 Å². The molecular weight excluding hydrogens is 263 g/mol. The molecular formula is C6H5BrO2Se. The maximum absolute atomic E-state index is 11.0. The van der Waals surface area contributed by atoms with Crippen LogP contribution in [0.4, 0.5) is 0 Å². The predicted octanol–water partition coefficient (Wildman–Crippen LogP) is 1.14. The Bertz CT molecular complexity index is 224. The maximum atomic E-state index is 11.0. The van der Waals surface area contributed by atoms with E-state index >= 15 is 0 Å². The third-order valence-corrected chi connectivity index (χ3v) is 3.86. The summed E-state index contributed by atoms with van der Waals surface area (Å²) in [5.74, 6) is 0. The van der Waals surface area contributed by atoms with Crippen LogP contribution in [-0.2, 0) is 6.75 Å². The van der Waals surface area contributed by atoms with Crippen molar-refractivity contribution in [3.63, 3.8) is 0 Å². The van der Waals surface area contributed by atoms with E-state index in [1.54, 1.807) is 12.1 Å². The van der Waals surface area contributed by atoms with E-state index in [9.17, 15) is 3.83 Å². The van der Waals surface area contributed by atoms with Crippen LogP contribution in [0.2, 0.25) is 0 Å². The number of benzene rings is 1. The van der Waals surface area contributed by atoms with E-state index in [0.29, 0.717) is 0 Å².